The highest BCUT2D eigenvalue weighted by atomic mass is 16.5. The van der Waals surface area contributed by atoms with E-state index in [0.717, 1.165) is 35.2 Å². The van der Waals surface area contributed by atoms with Crippen LogP contribution in [0.5, 0.6) is 0 Å². The maximum absolute atomic E-state index is 13.0. The van der Waals surface area contributed by atoms with Crippen LogP contribution in [0.4, 0.5) is 17.6 Å². The van der Waals surface area contributed by atoms with E-state index in [4.69, 9.17) is 19.7 Å². The lowest BCUT2D eigenvalue weighted by molar-refractivity contribution is 0.0736. The van der Waals surface area contributed by atoms with E-state index in [-0.39, 0.29) is 5.91 Å². The van der Waals surface area contributed by atoms with Gasteiger partial charge in [-0.2, -0.15) is 20.1 Å². The molecule has 36 heavy (non-hydrogen) atoms. The predicted molar refractivity (Wildman–Crippen MR) is 136 cm³/mol. The van der Waals surface area contributed by atoms with Crippen molar-refractivity contribution in [1.29, 1.82) is 0 Å². The highest BCUT2D eigenvalue weighted by Gasteiger charge is 2.20. The first-order valence-corrected chi connectivity index (χ1v) is 12.1. The molecule has 0 aliphatic carbocycles. The second-order valence-corrected chi connectivity index (χ2v) is 8.77. The van der Waals surface area contributed by atoms with E-state index in [1.165, 1.54) is 0 Å². The van der Waals surface area contributed by atoms with Crippen LogP contribution in [0.1, 0.15) is 10.4 Å². The Morgan fingerprint density at radius 2 is 1.81 bits per heavy atom. The van der Waals surface area contributed by atoms with Crippen molar-refractivity contribution >= 4 is 34.4 Å². The number of carbonyl (C=O) groups is 1. The molecule has 4 heterocycles. The Labute approximate surface area is 207 Å². The second-order valence-electron chi connectivity index (χ2n) is 8.77. The molecule has 2 aromatic carbocycles. The molecule has 0 unspecified atom stereocenters. The number of hydrogen-bond donors (Lipinski definition) is 3. The minimum Gasteiger partial charge on any atom is -0.378 e. The van der Waals surface area contributed by atoms with Gasteiger partial charge in [0.25, 0.3) is 5.91 Å². The topological polar surface area (TPSA) is 124 Å². The van der Waals surface area contributed by atoms with Gasteiger partial charge in [0, 0.05) is 61.5 Å². The van der Waals surface area contributed by atoms with Crippen molar-refractivity contribution in [3.63, 3.8) is 0 Å². The number of anilines is 3. The van der Waals surface area contributed by atoms with Gasteiger partial charge in [0.2, 0.25) is 11.9 Å². The van der Waals surface area contributed by atoms with Crippen LogP contribution in [0, 0.1) is 0 Å². The van der Waals surface area contributed by atoms with Gasteiger partial charge in [-0.05, 0) is 24.3 Å². The number of nitrogens with one attached hydrogen (secondary N) is 3. The summed E-state index contributed by atoms with van der Waals surface area (Å²) in [5, 5.41) is 14.7. The lowest BCUT2D eigenvalue weighted by Crippen LogP contribution is -2.46. The predicted octanol–water partition coefficient (Wildman–Crippen LogP) is 2.04. The maximum Gasteiger partial charge on any atom is 0.254 e. The Bertz CT molecular complexity index is 1380. The van der Waals surface area contributed by atoms with Crippen molar-refractivity contribution in [2.75, 3.05) is 62.7 Å². The molecular weight excluding hydrogens is 458 g/mol. The van der Waals surface area contributed by atoms with Crippen LogP contribution in [0.15, 0.2) is 48.7 Å². The van der Waals surface area contributed by atoms with Gasteiger partial charge in [0.05, 0.1) is 24.9 Å². The zero-order chi connectivity index (χ0) is 24.3. The molecule has 6 rings (SSSR count). The van der Waals surface area contributed by atoms with Gasteiger partial charge in [-0.1, -0.05) is 18.2 Å². The molecule has 0 atom stereocenters. The summed E-state index contributed by atoms with van der Waals surface area (Å²) in [4.78, 5) is 31.3. The van der Waals surface area contributed by atoms with Gasteiger partial charge < -0.3 is 25.2 Å². The third-order valence-electron chi connectivity index (χ3n) is 6.41. The van der Waals surface area contributed by atoms with Gasteiger partial charge in [-0.25, -0.2) is 0 Å². The number of benzene rings is 2. The monoisotopic (exact) mass is 485 g/mol. The fourth-order valence-electron chi connectivity index (χ4n) is 4.52. The number of rotatable bonds is 5. The number of H-pyrrole nitrogens is 1. The summed E-state index contributed by atoms with van der Waals surface area (Å²) in [5.41, 5.74) is 3.15. The standard InChI is InChI=1S/C25H27N9O2/c35-23(33-9-7-26-8-10-33)17-3-1-4-18(15-17)28-24-29-22(19-5-2-6-21-20(19)16-27-32-21)30-25(31-24)34-11-13-36-14-12-34/h1-6,15-16,26H,7-14H2,(H,27,32)(H,28,29,30,31). The van der Waals surface area contributed by atoms with Gasteiger partial charge in [-0.3, -0.25) is 9.89 Å². The van der Waals surface area contributed by atoms with E-state index < -0.39 is 0 Å². The molecule has 11 heteroatoms. The fraction of sp³-hybridized carbons (Fsp3) is 0.320. The minimum atomic E-state index is 0.0251. The van der Waals surface area contributed by atoms with Crippen LogP contribution in [-0.2, 0) is 4.74 Å². The molecule has 3 N–H and O–H groups in total. The van der Waals surface area contributed by atoms with Gasteiger partial charge in [0.15, 0.2) is 5.82 Å². The zero-order valence-corrected chi connectivity index (χ0v) is 19.8. The number of piperazine rings is 1. The van der Waals surface area contributed by atoms with Crippen LogP contribution in [0.25, 0.3) is 22.3 Å². The van der Waals surface area contributed by atoms with E-state index in [9.17, 15) is 4.79 Å². The van der Waals surface area contributed by atoms with Crippen LogP contribution >= 0.6 is 0 Å². The Balaban J connectivity index is 1.34. The van der Waals surface area contributed by atoms with E-state index in [2.05, 4.69) is 25.7 Å². The molecule has 0 spiro atoms. The molecule has 2 aromatic heterocycles. The number of amides is 1. The van der Waals surface area contributed by atoms with Gasteiger partial charge in [0.1, 0.15) is 0 Å². The lowest BCUT2D eigenvalue weighted by Gasteiger charge is -2.27. The summed E-state index contributed by atoms with van der Waals surface area (Å²) in [6, 6.07) is 13.4. The molecule has 2 aliphatic heterocycles. The number of ether oxygens (including phenoxy) is 1. The zero-order valence-electron chi connectivity index (χ0n) is 19.8. The van der Waals surface area contributed by atoms with E-state index >= 15 is 0 Å². The molecular formula is C25H27N9O2. The Morgan fingerprint density at radius 3 is 2.67 bits per heavy atom. The van der Waals surface area contributed by atoms with Crippen molar-refractivity contribution in [2.24, 2.45) is 0 Å². The third-order valence-corrected chi connectivity index (χ3v) is 6.41. The molecule has 0 saturated carbocycles. The Kier molecular flexibility index (Phi) is 6.14. The van der Waals surface area contributed by atoms with Gasteiger partial charge in [-0.15, -0.1) is 0 Å². The molecule has 0 bridgehead atoms. The first-order chi connectivity index (χ1) is 17.7. The van der Waals surface area contributed by atoms with Crippen molar-refractivity contribution in [1.82, 2.24) is 35.4 Å². The van der Waals surface area contributed by atoms with E-state index in [1.54, 1.807) is 6.20 Å². The molecule has 4 aromatic rings. The van der Waals surface area contributed by atoms with Crippen molar-refractivity contribution in [3.05, 3.63) is 54.2 Å². The number of aromatic nitrogens is 5. The molecule has 2 aliphatic rings. The number of aromatic amines is 1. The highest BCUT2D eigenvalue weighted by molar-refractivity contribution is 5.95. The summed E-state index contributed by atoms with van der Waals surface area (Å²) in [6.45, 7) is 5.68. The van der Waals surface area contributed by atoms with Crippen LogP contribution in [-0.4, -0.2) is 88.4 Å². The first kappa shape index (κ1) is 22.4. The largest absolute Gasteiger partial charge is 0.378 e. The number of nitrogens with zero attached hydrogens (tertiary/aromatic N) is 6. The lowest BCUT2D eigenvalue weighted by atomic mass is 10.1. The van der Waals surface area contributed by atoms with E-state index in [1.807, 2.05) is 47.4 Å². The summed E-state index contributed by atoms with van der Waals surface area (Å²) in [7, 11) is 0. The molecule has 11 nitrogen and oxygen atoms in total. The summed E-state index contributed by atoms with van der Waals surface area (Å²) in [6.07, 6.45) is 1.78. The summed E-state index contributed by atoms with van der Waals surface area (Å²) < 4.78 is 5.51. The molecule has 0 radical (unpaired) electrons. The van der Waals surface area contributed by atoms with Crippen molar-refractivity contribution < 1.29 is 9.53 Å². The molecule has 2 saturated heterocycles. The normalized spacial score (nSPS) is 16.3. The average molecular weight is 486 g/mol. The average Bonchev–Trinajstić information content (AvgIpc) is 3.43. The van der Waals surface area contributed by atoms with Crippen LogP contribution in [0.3, 0.4) is 0 Å². The Morgan fingerprint density at radius 1 is 0.972 bits per heavy atom. The summed E-state index contributed by atoms with van der Waals surface area (Å²) in [5.74, 6) is 1.57. The number of carbonyl (C=O) groups excluding carboxylic acids is 1. The first-order valence-electron chi connectivity index (χ1n) is 12.1. The fourth-order valence-corrected chi connectivity index (χ4v) is 4.52. The summed E-state index contributed by atoms with van der Waals surface area (Å²) >= 11 is 0. The maximum atomic E-state index is 13.0. The third kappa shape index (κ3) is 4.58. The van der Waals surface area contributed by atoms with Gasteiger partial charge >= 0.3 is 0 Å². The SMILES string of the molecule is O=C(c1cccc(Nc2nc(-c3cccc4[nH]ncc34)nc(N3CCOCC3)n2)c1)N1CCNCC1. The van der Waals surface area contributed by atoms with Crippen LogP contribution < -0.4 is 15.5 Å². The Hall–Kier alpha value is -4.09. The smallest absolute Gasteiger partial charge is 0.254 e. The van der Waals surface area contributed by atoms with Crippen LogP contribution in [0.2, 0.25) is 0 Å². The van der Waals surface area contributed by atoms with E-state index in [0.29, 0.717) is 62.7 Å². The molecule has 184 valence electrons. The minimum absolute atomic E-state index is 0.0251. The molecule has 1 amide bonds. The quantitative estimate of drug-likeness (QED) is 0.389. The highest BCUT2D eigenvalue weighted by Crippen LogP contribution is 2.28. The van der Waals surface area contributed by atoms with Crippen molar-refractivity contribution in [3.8, 4) is 11.4 Å². The van der Waals surface area contributed by atoms with Crippen molar-refractivity contribution in [2.45, 2.75) is 0 Å². The number of fused-ring (bicyclic) bond motifs is 1. The number of hydrogen-bond acceptors (Lipinski definition) is 9. The molecule has 2 fully saturated rings. The number of morpholine rings is 1. The second kappa shape index (κ2) is 9.88.